The Kier molecular flexibility index (Phi) is 7.84. The summed E-state index contributed by atoms with van der Waals surface area (Å²) in [6.45, 7) is 6.88. The Morgan fingerprint density at radius 1 is 1.00 bits per heavy atom. The lowest BCUT2D eigenvalue weighted by molar-refractivity contribution is 0.795. The highest BCUT2D eigenvalue weighted by molar-refractivity contribution is 8.00. The van der Waals surface area contributed by atoms with Crippen LogP contribution in [0.2, 0.25) is 0 Å². The first-order valence-electron chi connectivity index (χ1n) is 6.68. The van der Waals surface area contributed by atoms with Gasteiger partial charge in [0.2, 0.25) is 0 Å². The average molecular weight is 284 g/mol. The van der Waals surface area contributed by atoms with E-state index in [1.807, 2.05) is 12.4 Å². The Morgan fingerprint density at radius 2 is 1.67 bits per heavy atom. The van der Waals surface area contributed by atoms with E-state index in [9.17, 15) is 0 Å². The second-order valence-corrected chi connectivity index (χ2v) is 8.53. The lowest BCUT2D eigenvalue weighted by atomic mass is 10.2. The van der Waals surface area contributed by atoms with Gasteiger partial charge in [0.05, 0.1) is 0 Å². The molecule has 0 fully saturated rings. The molecule has 18 heavy (non-hydrogen) atoms. The smallest absolute Gasteiger partial charge is 0.0270 e. The lowest BCUT2D eigenvalue weighted by Gasteiger charge is -2.17. The van der Waals surface area contributed by atoms with E-state index in [4.69, 9.17) is 0 Å². The first-order valence-corrected chi connectivity index (χ1v) is 8.82. The Hall–Kier alpha value is -0.150. The third-order valence-electron chi connectivity index (χ3n) is 2.50. The molecular weight excluding hydrogens is 258 g/mol. The minimum Gasteiger partial charge on any atom is -0.265 e. The largest absolute Gasteiger partial charge is 0.265 e. The molecule has 0 spiro atoms. The normalized spacial score (nSPS) is 11.7. The molecule has 0 saturated heterocycles. The molecule has 0 radical (unpaired) electrons. The zero-order valence-corrected chi connectivity index (χ0v) is 13.4. The highest BCUT2D eigenvalue weighted by atomic mass is 32.2. The monoisotopic (exact) mass is 283 g/mol. The zero-order valence-electron chi connectivity index (χ0n) is 11.8. The SMILES string of the molecule is CC(C)(C)SCCCCSCCc1ccncc1. The van der Waals surface area contributed by atoms with Gasteiger partial charge in [-0.15, -0.1) is 0 Å². The number of unbranched alkanes of at least 4 members (excludes halogenated alkanes) is 1. The van der Waals surface area contributed by atoms with E-state index in [2.05, 4.69) is 61.4 Å². The number of rotatable bonds is 8. The maximum atomic E-state index is 4.03. The van der Waals surface area contributed by atoms with Crippen LogP contribution in [0.1, 0.15) is 39.2 Å². The fourth-order valence-electron chi connectivity index (χ4n) is 1.53. The highest BCUT2D eigenvalue weighted by Crippen LogP contribution is 2.24. The van der Waals surface area contributed by atoms with Gasteiger partial charge in [0, 0.05) is 17.1 Å². The molecule has 0 amide bonds. The molecule has 1 heterocycles. The molecule has 1 aromatic rings. The summed E-state index contributed by atoms with van der Waals surface area (Å²) in [4.78, 5) is 4.03. The van der Waals surface area contributed by atoms with E-state index in [-0.39, 0.29) is 0 Å². The summed E-state index contributed by atoms with van der Waals surface area (Å²) < 4.78 is 0.425. The van der Waals surface area contributed by atoms with Crippen LogP contribution in [-0.4, -0.2) is 27.0 Å². The molecule has 0 aromatic carbocycles. The summed E-state index contributed by atoms with van der Waals surface area (Å²) in [6.07, 6.45) is 7.63. The van der Waals surface area contributed by atoms with Gasteiger partial charge < -0.3 is 0 Å². The fourth-order valence-corrected chi connectivity index (χ4v) is 3.48. The van der Waals surface area contributed by atoms with Crippen LogP contribution >= 0.6 is 23.5 Å². The van der Waals surface area contributed by atoms with Crippen LogP contribution < -0.4 is 0 Å². The molecule has 1 rings (SSSR count). The quantitative estimate of drug-likeness (QED) is 0.644. The van der Waals surface area contributed by atoms with Crippen LogP contribution in [0.3, 0.4) is 0 Å². The number of aryl methyl sites for hydroxylation is 1. The van der Waals surface area contributed by atoms with E-state index in [0.717, 1.165) is 0 Å². The van der Waals surface area contributed by atoms with Crippen molar-refractivity contribution in [2.24, 2.45) is 0 Å². The second kappa shape index (κ2) is 8.87. The van der Waals surface area contributed by atoms with Gasteiger partial charge in [0.25, 0.3) is 0 Å². The molecule has 1 aromatic heterocycles. The number of aromatic nitrogens is 1. The van der Waals surface area contributed by atoms with Crippen molar-refractivity contribution >= 4 is 23.5 Å². The molecule has 0 N–H and O–H groups in total. The van der Waals surface area contributed by atoms with Crippen molar-refractivity contribution in [1.29, 1.82) is 0 Å². The van der Waals surface area contributed by atoms with Crippen molar-refractivity contribution < 1.29 is 0 Å². The van der Waals surface area contributed by atoms with Crippen molar-refractivity contribution in [3.63, 3.8) is 0 Å². The molecule has 0 unspecified atom stereocenters. The van der Waals surface area contributed by atoms with Crippen LogP contribution in [-0.2, 0) is 6.42 Å². The van der Waals surface area contributed by atoms with E-state index < -0.39 is 0 Å². The second-order valence-electron chi connectivity index (χ2n) is 5.39. The third-order valence-corrected chi connectivity index (χ3v) is 4.93. The van der Waals surface area contributed by atoms with Gasteiger partial charge in [-0.05, 0) is 54.2 Å². The summed E-state index contributed by atoms with van der Waals surface area (Å²) in [5.41, 5.74) is 1.40. The summed E-state index contributed by atoms with van der Waals surface area (Å²) in [5.74, 6) is 3.83. The fraction of sp³-hybridized carbons (Fsp3) is 0.667. The minimum absolute atomic E-state index is 0.425. The zero-order chi connectivity index (χ0) is 13.3. The summed E-state index contributed by atoms with van der Waals surface area (Å²) in [7, 11) is 0. The van der Waals surface area contributed by atoms with Crippen molar-refractivity contribution in [2.75, 3.05) is 17.3 Å². The maximum Gasteiger partial charge on any atom is 0.0270 e. The predicted octanol–water partition coefficient (Wildman–Crippen LogP) is 4.67. The van der Waals surface area contributed by atoms with Gasteiger partial charge in [-0.25, -0.2) is 0 Å². The molecule has 3 heteroatoms. The Bertz CT molecular complexity index is 306. The Morgan fingerprint density at radius 3 is 2.33 bits per heavy atom. The average Bonchev–Trinajstić information content (AvgIpc) is 2.32. The predicted molar refractivity (Wildman–Crippen MR) is 86.7 cm³/mol. The molecule has 0 bridgehead atoms. The Labute approximate surface area is 121 Å². The summed E-state index contributed by atoms with van der Waals surface area (Å²) >= 11 is 4.15. The van der Waals surface area contributed by atoms with E-state index in [1.54, 1.807) is 0 Å². The van der Waals surface area contributed by atoms with Gasteiger partial charge >= 0.3 is 0 Å². The number of hydrogen-bond donors (Lipinski definition) is 0. The molecule has 102 valence electrons. The van der Waals surface area contributed by atoms with E-state index in [1.165, 1.54) is 42.1 Å². The van der Waals surface area contributed by atoms with Crippen molar-refractivity contribution in [3.05, 3.63) is 30.1 Å². The van der Waals surface area contributed by atoms with Crippen molar-refractivity contribution in [1.82, 2.24) is 4.98 Å². The van der Waals surface area contributed by atoms with Gasteiger partial charge in [-0.2, -0.15) is 23.5 Å². The standard InChI is InChI=1S/C15H25NS2/c1-15(2,3)18-12-5-4-11-17-13-8-14-6-9-16-10-7-14/h6-7,9-10H,4-5,8,11-13H2,1-3H3. The van der Waals surface area contributed by atoms with Gasteiger partial charge in [-0.3, -0.25) is 4.98 Å². The first kappa shape index (κ1) is 15.9. The minimum atomic E-state index is 0.425. The maximum absolute atomic E-state index is 4.03. The Balaban J connectivity index is 1.90. The van der Waals surface area contributed by atoms with Crippen LogP contribution in [0, 0.1) is 0 Å². The molecule has 0 aliphatic carbocycles. The van der Waals surface area contributed by atoms with Crippen molar-refractivity contribution in [2.45, 2.75) is 44.8 Å². The van der Waals surface area contributed by atoms with Crippen molar-refractivity contribution in [3.8, 4) is 0 Å². The number of pyridine rings is 1. The number of hydrogen-bond acceptors (Lipinski definition) is 3. The first-order chi connectivity index (χ1) is 8.58. The molecule has 0 aliphatic heterocycles. The van der Waals surface area contributed by atoms with Gasteiger partial charge in [-0.1, -0.05) is 20.8 Å². The van der Waals surface area contributed by atoms with Gasteiger partial charge in [0.15, 0.2) is 0 Å². The van der Waals surface area contributed by atoms with Crippen LogP contribution in [0.5, 0.6) is 0 Å². The number of thioether (sulfide) groups is 2. The highest BCUT2D eigenvalue weighted by Gasteiger charge is 2.08. The van der Waals surface area contributed by atoms with Crippen LogP contribution in [0.25, 0.3) is 0 Å². The van der Waals surface area contributed by atoms with Crippen LogP contribution in [0.4, 0.5) is 0 Å². The summed E-state index contributed by atoms with van der Waals surface area (Å²) in [6, 6.07) is 4.22. The molecule has 1 nitrogen and oxygen atoms in total. The van der Waals surface area contributed by atoms with Crippen LogP contribution in [0.15, 0.2) is 24.5 Å². The summed E-state index contributed by atoms with van der Waals surface area (Å²) in [5, 5.41) is 0. The number of nitrogens with zero attached hydrogens (tertiary/aromatic N) is 1. The topological polar surface area (TPSA) is 12.9 Å². The third kappa shape index (κ3) is 8.87. The molecule has 0 aliphatic rings. The van der Waals surface area contributed by atoms with Gasteiger partial charge in [0.1, 0.15) is 0 Å². The molecule has 0 atom stereocenters. The van der Waals surface area contributed by atoms with E-state index >= 15 is 0 Å². The van der Waals surface area contributed by atoms with E-state index in [0.29, 0.717) is 4.75 Å². The molecular formula is C15H25NS2. The lowest BCUT2D eigenvalue weighted by Crippen LogP contribution is -2.08. The molecule has 0 saturated carbocycles.